The van der Waals surface area contributed by atoms with Gasteiger partial charge in [0.25, 0.3) is 0 Å². The fraction of sp³-hybridized carbons (Fsp3) is 0.455. The van der Waals surface area contributed by atoms with E-state index in [-0.39, 0.29) is 5.82 Å². The number of halogens is 1. The van der Waals surface area contributed by atoms with E-state index in [4.69, 9.17) is 25.2 Å². The van der Waals surface area contributed by atoms with Gasteiger partial charge in [-0.2, -0.15) is 13.6 Å². The zero-order valence-electron chi connectivity index (χ0n) is 15.1. The van der Waals surface area contributed by atoms with Crippen LogP contribution < -0.4 is 11.4 Å². The topological polar surface area (TPSA) is 250 Å². The van der Waals surface area contributed by atoms with Crippen LogP contribution in [0.2, 0.25) is 0 Å². The molecule has 0 bridgehead atoms. The summed E-state index contributed by atoms with van der Waals surface area (Å²) in [4.78, 5) is 50.9. The van der Waals surface area contributed by atoms with Crippen LogP contribution in [0.4, 0.5) is 10.2 Å². The number of aliphatic hydroxyl groups excluding tert-OH is 1. The van der Waals surface area contributed by atoms with Crippen molar-refractivity contribution in [2.45, 2.75) is 24.1 Å². The zero-order valence-corrected chi connectivity index (χ0v) is 17.8. The Morgan fingerprint density at radius 1 is 1.29 bits per heavy atom. The predicted molar refractivity (Wildman–Crippen MR) is 96.7 cm³/mol. The molecule has 176 valence electrons. The number of nitrogens with two attached hydrogens (primary N) is 1. The Labute approximate surface area is 172 Å². The molecule has 20 heteroatoms. The van der Waals surface area contributed by atoms with Crippen LogP contribution in [0.5, 0.6) is 0 Å². The van der Waals surface area contributed by atoms with E-state index in [1.54, 1.807) is 0 Å². The zero-order chi connectivity index (χ0) is 23.8. The molecule has 1 aliphatic heterocycles. The first kappa shape index (κ1) is 25.9. The first-order valence-electron chi connectivity index (χ1n) is 7.77. The number of nitrogen functional groups attached to an aromatic ring is 1. The maximum absolute atomic E-state index is 14.7. The van der Waals surface area contributed by atoms with Crippen LogP contribution in [0.3, 0.4) is 0 Å². The minimum Gasteiger partial charge on any atom is -0.386 e. The van der Waals surface area contributed by atoms with E-state index in [1.165, 1.54) is 0 Å². The van der Waals surface area contributed by atoms with Crippen LogP contribution in [-0.4, -0.2) is 58.7 Å². The van der Waals surface area contributed by atoms with Crippen LogP contribution >= 0.6 is 23.5 Å². The van der Waals surface area contributed by atoms with Crippen molar-refractivity contribution in [1.29, 1.82) is 0 Å². The third-order valence-corrected chi connectivity index (χ3v) is 7.54. The Morgan fingerprint density at radius 3 is 2.42 bits per heavy atom. The van der Waals surface area contributed by atoms with E-state index >= 15 is 0 Å². The van der Waals surface area contributed by atoms with Gasteiger partial charge in [-0.3, -0.25) is 9.09 Å². The number of hydrogen-bond acceptors (Lipinski definition) is 11. The fourth-order valence-electron chi connectivity index (χ4n) is 2.45. The number of hydrogen-bond donors (Lipinski definition) is 6. The molecule has 0 saturated carbocycles. The summed E-state index contributed by atoms with van der Waals surface area (Å²) in [5, 5.41) is 10.2. The van der Waals surface area contributed by atoms with Gasteiger partial charge >= 0.3 is 29.2 Å². The molecule has 1 aliphatic rings. The summed E-state index contributed by atoms with van der Waals surface area (Å²) < 4.78 is 65.8. The normalized spacial score (nSPS) is 30.5. The van der Waals surface area contributed by atoms with Crippen molar-refractivity contribution in [2.75, 3.05) is 12.3 Å². The minimum atomic E-state index is -5.80. The van der Waals surface area contributed by atoms with Gasteiger partial charge in [-0.15, -0.1) is 6.58 Å². The molecule has 6 atom stereocenters. The number of ether oxygens (including phenoxy) is 1. The maximum atomic E-state index is 14.7. The molecule has 2 rings (SSSR count). The lowest BCUT2D eigenvalue weighted by molar-refractivity contribution is -0.0964. The Hall–Kier alpha value is -1.32. The molecule has 1 fully saturated rings. The highest BCUT2D eigenvalue weighted by Crippen LogP contribution is 2.66. The van der Waals surface area contributed by atoms with Crippen molar-refractivity contribution < 1.29 is 60.6 Å². The Balaban J connectivity index is 2.21. The summed E-state index contributed by atoms with van der Waals surface area (Å²) in [5.74, 6) is -0.183. The molecule has 1 aromatic heterocycles. The number of phosphoric acid groups is 3. The van der Waals surface area contributed by atoms with Crippen molar-refractivity contribution >= 4 is 29.3 Å². The lowest BCUT2D eigenvalue weighted by atomic mass is 9.97. The summed E-state index contributed by atoms with van der Waals surface area (Å²) in [5.41, 5.74) is 2.00. The summed E-state index contributed by atoms with van der Waals surface area (Å²) >= 11 is 0. The first-order valence-corrected chi connectivity index (χ1v) is 12.3. The molecule has 0 aromatic carbocycles. The molecule has 1 saturated heterocycles. The first-order chi connectivity index (χ1) is 14.0. The molecule has 0 spiro atoms. The highest BCUT2D eigenvalue weighted by molar-refractivity contribution is 7.66. The van der Waals surface area contributed by atoms with Gasteiger partial charge in [-0.25, -0.2) is 22.9 Å². The second-order valence-corrected chi connectivity index (χ2v) is 10.4. The van der Waals surface area contributed by atoms with Crippen LogP contribution in [-0.2, 0) is 31.6 Å². The van der Waals surface area contributed by atoms with Crippen molar-refractivity contribution in [3.63, 3.8) is 0 Å². The maximum Gasteiger partial charge on any atom is 0.490 e. The van der Waals surface area contributed by atoms with Crippen LogP contribution in [0.1, 0.15) is 6.23 Å². The third-order valence-electron chi connectivity index (χ3n) is 3.76. The van der Waals surface area contributed by atoms with Gasteiger partial charge in [0.15, 0.2) is 12.4 Å². The second kappa shape index (κ2) is 8.90. The molecule has 2 heterocycles. The van der Waals surface area contributed by atoms with E-state index in [0.717, 1.165) is 18.3 Å². The number of rotatable bonds is 9. The predicted octanol–water partition coefficient (Wildman–Crippen LogP) is -0.679. The van der Waals surface area contributed by atoms with Gasteiger partial charge in [0.1, 0.15) is 17.5 Å². The third kappa shape index (κ3) is 6.35. The van der Waals surface area contributed by atoms with Gasteiger partial charge in [0.05, 0.1) is 6.61 Å². The van der Waals surface area contributed by atoms with Crippen LogP contribution in [0.15, 0.2) is 29.7 Å². The average Bonchev–Trinajstić information content (AvgIpc) is 2.82. The molecule has 1 aromatic rings. The van der Waals surface area contributed by atoms with E-state index in [1.807, 2.05) is 0 Å². The fourth-order valence-corrected chi connectivity index (χ4v) is 5.51. The molecule has 2 unspecified atom stereocenters. The second-order valence-electron chi connectivity index (χ2n) is 5.96. The minimum absolute atomic E-state index is 0.183. The number of aliphatic hydroxyl groups is 1. The monoisotopic (exact) mass is 511 g/mol. The number of nitrogens with zero attached hydrogens (tertiary/aromatic N) is 2. The highest BCUT2D eigenvalue weighted by Gasteiger charge is 2.56. The van der Waals surface area contributed by atoms with Crippen LogP contribution in [0.25, 0.3) is 0 Å². The molecule has 7 N–H and O–H groups in total. The standard InChI is InChI=1S/C11H17FN3O13P3/c1-2-11(5-25-30(21,22)28-31(23,24)27-29(18,19)20)8(16)7(12)9(26-11)15-4-3-6(13)14-10(15)17/h2-4,7-9,16H,1,5H2,(H,21,22)(H,23,24)(H2,13,14,17)(H2,18,19,20)/t7-,8+,9-,11-/m1/s1. The molecule has 0 aliphatic carbocycles. The Bertz CT molecular complexity index is 1050. The smallest absolute Gasteiger partial charge is 0.386 e. The van der Waals surface area contributed by atoms with Gasteiger partial charge < -0.3 is 35.2 Å². The summed E-state index contributed by atoms with van der Waals surface area (Å²) in [7, 11) is -17.0. The average molecular weight is 511 g/mol. The molecule has 0 radical (unpaired) electrons. The van der Waals surface area contributed by atoms with Crippen molar-refractivity contribution in [1.82, 2.24) is 9.55 Å². The molecule has 16 nitrogen and oxygen atoms in total. The van der Waals surface area contributed by atoms with Gasteiger partial charge in [-0.05, 0) is 6.07 Å². The summed E-state index contributed by atoms with van der Waals surface area (Å²) in [6.07, 6.45) is -4.48. The summed E-state index contributed by atoms with van der Waals surface area (Å²) in [6, 6.07) is 1.13. The van der Waals surface area contributed by atoms with E-state index in [0.29, 0.717) is 4.57 Å². The lowest BCUT2D eigenvalue weighted by Gasteiger charge is -2.28. The van der Waals surface area contributed by atoms with E-state index < -0.39 is 59.9 Å². The van der Waals surface area contributed by atoms with Crippen LogP contribution in [0, 0.1) is 0 Å². The van der Waals surface area contributed by atoms with Gasteiger partial charge in [0.2, 0.25) is 0 Å². The largest absolute Gasteiger partial charge is 0.490 e. The number of anilines is 1. The number of aromatic nitrogens is 2. The highest BCUT2D eigenvalue weighted by atomic mass is 31.3. The SMILES string of the molecule is C=C[C@]1(COP(=O)(O)OP(=O)(O)OP(=O)(O)O)O[C@@H](n2ccc(N)nc2=O)[C@H](F)[C@@H]1O. The van der Waals surface area contributed by atoms with E-state index in [2.05, 4.69) is 24.7 Å². The van der Waals surface area contributed by atoms with Gasteiger partial charge in [-0.1, -0.05) is 6.08 Å². The Kier molecular flexibility index (Phi) is 7.45. The summed E-state index contributed by atoms with van der Waals surface area (Å²) in [6.45, 7) is 2.06. The molecule has 31 heavy (non-hydrogen) atoms. The number of phosphoric ester groups is 1. The van der Waals surface area contributed by atoms with Crippen molar-refractivity contribution in [3.8, 4) is 0 Å². The number of alkyl halides is 1. The quantitative estimate of drug-likeness (QED) is 0.177. The van der Waals surface area contributed by atoms with Crippen molar-refractivity contribution in [2.24, 2.45) is 0 Å². The molecular weight excluding hydrogens is 494 g/mol. The lowest BCUT2D eigenvalue weighted by Crippen LogP contribution is -2.44. The molecule has 0 amide bonds. The van der Waals surface area contributed by atoms with Crippen molar-refractivity contribution in [3.05, 3.63) is 35.4 Å². The van der Waals surface area contributed by atoms with Gasteiger partial charge in [0, 0.05) is 6.20 Å². The van der Waals surface area contributed by atoms with E-state index in [9.17, 15) is 32.9 Å². The molecular formula is C11H17FN3O13P3. The Morgan fingerprint density at radius 2 is 1.90 bits per heavy atom.